The van der Waals surface area contributed by atoms with E-state index in [9.17, 15) is 14.0 Å². The Hall–Kier alpha value is -2.71. The average Bonchev–Trinajstić information content (AvgIpc) is 3.08. The zero-order valence-corrected chi connectivity index (χ0v) is 16.9. The number of rotatable bonds is 6. The Morgan fingerprint density at radius 3 is 2.68 bits per heavy atom. The monoisotopic (exact) mass is 415 g/mol. The van der Waals surface area contributed by atoms with E-state index in [-0.39, 0.29) is 11.6 Å². The number of benzene rings is 2. The highest BCUT2D eigenvalue weighted by atomic mass is 32.2. The Labute approximate surface area is 170 Å². The molecule has 0 bridgehead atoms. The summed E-state index contributed by atoms with van der Waals surface area (Å²) in [6.45, 7) is 3.31. The smallest absolute Gasteiger partial charge is 0.256 e. The maximum absolute atomic E-state index is 14.1. The number of carbonyl (C=O) groups excluding carboxylic acids is 2. The molecular formula is C20H18FN3O2S2. The third-order valence-electron chi connectivity index (χ3n) is 3.71. The highest BCUT2D eigenvalue weighted by Crippen LogP contribution is 2.28. The van der Waals surface area contributed by atoms with E-state index in [2.05, 4.69) is 15.6 Å². The second-order valence-corrected chi connectivity index (χ2v) is 8.05. The molecule has 2 N–H and O–H groups in total. The quantitative estimate of drug-likeness (QED) is 0.550. The number of thioether (sulfide) groups is 1. The molecule has 1 aromatic heterocycles. The van der Waals surface area contributed by atoms with Crippen molar-refractivity contribution >= 4 is 46.3 Å². The zero-order chi connectivity index (χ0) is 20.1. The van der Waals surface area contributed by atoms with Crippen molar-refractivity contribution in [3.63, 3.8) is 0 Å². The van der Waals surface area contributed by atoms with Gasteiger partial charge in [0, 0.05) is 28.6 Å². The van der Waals surface area contributed by atoms with Gasteiger partial charge in [0.05, 0.1) is 22.0 Å². The molecule has 2 aromatic carbocycles. The fraction of sp³-hybridized carbons (Fsp3) is 0.150. The lowest BCUT2D eigenvalue weighted by Crippen LogP contribution is -2.15. The van der Waals surface area contributed by atoms with Crippen LogP contribution in [0.1, 0.15) is 28.0 Å². The minimum Gasteiger partial charge on any atom is -0.326 e. The summed E-state index contributed by atoms with van der Waals surface area (Å²) in [4.78, 5) is 29.1. The maximum atomic E-state index is 14.1. The summed E-state index contributed by atoms with van der Waals surface area (Å²) in [6.07, 6.45) is 0. The normalized spacial score (nSPS) is 10.5. The third kappa shape index (κ3) is 5.17. The molecule has 0 aliphatic rings. The van der Waals surface area contributed by atoms with Crippen LogP contribution in [-0.4, -0.2) is 16.8 Å². The number of aryl methyl sites for hydroxylation is 1. The van der Waals surface area contributed by atoms with Gasteiger partial charge in [0.15, 0.2) is 0 Å². The van der Waals surface area contributed by atoms with E-state index in [0.717, 1.165) is 15.6 Å². The summed E-state index contributed by atoms with van der Waals surface area (Å²) in [5, 5.41) is 8.15. The SMILES string of the molecule is CC(=O)Nc1ccc(F)c(NC(=O)c2ccccc2SCc2csc(C)n2)c1. The Morgan fingerprint density at radius 2 is 1.96 bits per heavy atom. The van der Waals surface area contributed by atoms with Crippen LogP contribution in [-0.2, 0) is 10.5 Å². The van der Waals surface area contributed by atoms with Crippen LogP contribution in [0.5, 0.6) is 0 Å². The molecule has 0 saturated heterocycles. The van der Waals surface area contributed by atoms with Crippen molar-refractivity contribution in [3.8, 4) is 0 Å². The van der Waals surface area contributed by atoms with Crippen LogP contribution in [0.3, 0.4) is 0 Å². The van der Waals surface area contributed by atoms with Crippen molar-refractivity contribution in [1.29, 1.82) is 0 Å². The van der Waals surface area contributed by atoms with Gasteiger partial charge in [0.2, 0.25) is 5.91 Å². The lowest BCUT2D eigenvalue weighted by molar-refractivity contribution is -0.114. The van der Waals surface area contributed by atoms with Gasteiger partial charge < -0.3 is 10.6 Å². The van der Waals surface area contributed by atoms with Crippen LogP contribution >= 0.6 is 23.1 Å². The molecule has 1 heterocycles. The molecule has 0 saturated carbocycles. The summed E-state index contributed by atoms with van der Waals surface area (Å²) >= 11 is 3.08. The van der Waals surface area contributed by atoms with Gasteiger partial charge in [-0.3, -0.25) is 9.59 Å². The van der Waals surface area contributed by atoms with E-state index >= 15 is 0 Å². The molecular weight excluding hydrogens is 397 g/mol. The summed E-state index contributed by atoms with van der Waals surface area (Å²) in [5.74, 6) is -0.633. The van der Waals surface area contributed by atoms with Crippen molar-refractivity contribution in [2.45, 2.75) is 24.5 Å². The molecule has 0 aliphatic heterocycles. The van der Waals surface area contributed by atoms with Crippen LogP contribution < -0.4 is 10.6 Å². The first-order valence-corrected chi connectivity index (χ1v) is 10.3. The summed E-state index contributed by atoms with van der Waals surface area (Å²) in [6, 6.07) is 11.2. The number of halogens is 1. The molecule has 28 heavy (non-hydrogen) atoms. The minimum absolute atomic E-state index is 0.00572. The number of carbonyl (C=O) groups is 2. The van der Waals surface area contributed by atoms with Gasteiger partial charge in [0.1, 0.15) is 5.82 Å². The molecule has 8 heteroatoms. The number of anilines is 2. The molecule has 5 nitrogen and oxygen atoms in total. The first kappa shape index (κ1) is 20.0. The molecule has 0 fully saturated rings. The largest absolute Gasteiger partial charge is 0.326 e. The second-order valence-electron chi connectivity index (χ2n) is 5.97. The molecule has 3 rings (SSSR count). The van der Waals surface area contributed by atoms with Crippen molar-refractivity contribution < 1.29 is 14.0 Å². The van der Waals surface area contributed by atoms with Gasteiger partial charge >= 0.3 is 0 Å². The molecule has 3 aromatic rings. The fourth-order valence-corrected chi connectivity index (χ4v) is 4.16. The molecule has 0 radical (unpaired) electrons. The van der Waals surface area contributed by atoms with Gasteiger partial charge in [-0.25, -0.2) is 9.37 Å². The molecule has 0 spiro atoms. The topological polar surface area (TPSA) is 71.1 Å². The van der Waals surface area contributed by atoms with Crippen LogP contribution in [0.4, 0.5) is 15.8 Å². The van der Waals surface area contributed by atoms with Crippen LogP contribution in [0.25, 0.3) is 0 Å². The standard InChI is InChI=1S/C20H18FN3O2S2/c1-12(25)22-14-7-8-17(21)18(9-14)24-20(26)16-5-3-4-6-19(16)28-11-15-10-27-13(2)23-15/h3-10H,11H2,1-2H3,(H,22,25)(H,24,26). The third-order valence-corrected chi connectivity index (χ3v) is 5.64. The van der Waals surface area contributed by atoms with Crippen LogP contribution in [0, 0.1) is 12.7 Å². The molecule has 2 amide bonds. The van der Waals surface area contributed by atoms with E-state index in [1.54, 1.807) is 23.5 Å². The highest BCUT2D eigenvalue weighted by Gasteiger charge is 2.15. The zero-order valence-electron chi connectivity index (χ0n) is 15.3. The lowest BCUT2D eigenvalue weighted by atomic mass is 10.2. The highest BCUT2D eigenvalue weighted by molar-refractivity contribution is 7.98. The van der Waals surface area contributed by atoms with Gasteiger partial charge in [-0.1, -0.05) is 12.1 Å². The van der Waals surface area contributed by atoms with Gasteiger partial charge in [-0.05, 0) is 37.3 Å². The number of thiazole rings is 1. The molecule has 0 aliphatic carbocycles. The van der Waals surface area contributed by atoms with E-state index in [1.807, 2.05) is 24.4 Å². The summed E-state index contributed by atoms with van der Waals surface area (Å²) in [7, 11) is 0. The van der Waals surface area contributed by atoms with Crippen molar-refractivity contribution in [3.05, 3.63) is 69.9 Å². The van der Waals surface area contributed by atoms with E-state index in [4.69, 9.17) is 0 Å². The Bertz CT molecular complexity index is 1020. The van der Waals surface area contributed by atoms with Gasteiger partial charge in [-0.2, -0.15) is 0 Å². The molecule has 144 valence electrons. The summed E-state index contributed by atoms with van der Waals surface area (Å²) in [5.41, 5.74) is 1.82. The number of nitrogens with one attached hydrogen (secondary N) is 2. The fourth-order valence-electron chi connectivity index (χ4n) is 2.50. The minimum atomic E-state index is -0.578. The second kappa shape index (κ2) is 8.99. The number of hydrogen-bond acceptors (Lipinski definition) is 5. The predicted octanol–water partition coefficient (Wildman–Crippen LogP) is 5.09. The van der Waals surface area contributed by atoms with Crippen LogP contribution in [0.15, 0.2) is 52.7 Å². The van der Waals surface area contributed by atoms with Gasteiger partial charge in [0.25, 0.3) is 5.91 Å². The maximum Gasteiger partial charge on any atom is 0.256 e. The average molecular weight is 416 g/mol. The van der Waals surface area contributed by atoms with Crippen LogP contribution in [0.2, 0.25) is 0 Å². The first-order valence-electron chi connectivity index (χ1n) is 8.43. The number of amides is 2. The van der Waals surface area contributed by atoms with E-state index in [0.29, 0.717) is 17.0 Å². The lowest BCUT2D eigenvalue weighted by Gasteiger charge is -2.11. The number of hydrogen-bond donors (Lipinski definition) is 2. The van der Waals surface area contributed by atoms with Gasteiger partial charge in [-0.15, -0.1) is 23.1 Å². The Kier molecular flexibility index (Phi) is 6.43. The van der Waals surface area contributed by atoms with E-state index in [1.165, 1.54) is 36.9 Å². The first-order chi connectivity index (χ1) is 13.4. The number of nitrogens with zero attached hydrogens (tertiary/aromatic N) is 1. The Balaban J connectivity index is 1.77. The van der Waals surface area contributed by atoms with Crippen molar-refractivity contribution in [2.75, 3.05) is 10.6 Å². The number of aromatic nitrogens is 1. The van der Waals surface area contributed by atoms with E-state index < -0.39 is 11.7 Å². The van der Waals surface area contributed by atoms with Crippen molar-refractivity contribution in [2.24, 2.45) is 0 Å². The molecule has 0 unspecified atom stereocenters. The predicted molar refractivity (Wildman–Crippen MR) is 112 cm³/mol. The summed E-state index contributed by atoms with van der Waals surface area (Å²) < 4.78 is 14.1. The molecule has 0 atom stereocenters. The Morgan fingerprint density at radius 1 is 1.18 bits per heavy atom. The van der Waals surface area contributed by atoms with Crippen molar-refractivity contribution in [1.82, 2.24) is 4.98 Å².